The number of nitrogens with zero attached hydrogens (tertiary/aromatic N) is 1. The van der Waals surface area contributed by atoms with E-state index in [-0.39, 0.29) is 5.91 Å². The zero-order valence-corrected chi connectivity index (χ0v) is 15.8. The Labute approximate surface area is 155 Å². The number of rotatable bonds is 4. The van der Waals surface area contributed by atoms with E-state index < -0.39 is 0 Å². The van der Waals surface area contributed by atoms with Gasteiger partial charge in [0.25, 0.3) is 5.91 Å². The molecule has 2 aromatic carbocycles. The van der Waals surface area contributed by atoms with Gasteiger partial charge in [0.15, 0.2) is 0 Å². The number of hydrazone groups is 1. The van der Waals surface area contributed by atoms with Crippen LogP contribution in [0.2, 0.25) is 0 Å². The highest BCUT2D eigenvalue weighted by Crippen LogP contribution is 2.34. The molecule has 0 radical (unpaired) electrons. The van der Waals surface area contributed by atoms with Crippen molar-refractivity contribution in [3.05, 3.63) is 62.7 Å². The van der Waals surface area contributed by atoms with Crippen LogP contribution < -0.4 is 10.2 Å². The fourth-order valence-corrected chi connectivity index (χ4v) is 3.82. The third kappa shape index (κ3) is 3.37. The van der Waals surface area contributed by atoms with E-state index in [2.05, 4.69) is 47.4 Å². The Balaban J connectivity index is 1.76. The maximum Gasteiger partial charge on any atom is 0.271 e. The molecule has 0 fully saturated rings. The summed E-state index contributed by atoms with van der Waals surface area (Å²) in [4.78, 5) is 15.4. The molecule has 3 aromatic rings. The van der Waals surface area contributed by atoms with Gasteiger partial charge in [-0.1, -0.05) is 18.2 Å². The number of hydrogen-bond donors (Lipinski definition) is 2. The van der Waals surface area contributed by atoms with E-state index in [0.717, 1.165) is 16.5 Å². The number of benzene rings is 2. The van der Waals surface area contributed by atoms with E-state index in [1.807, 2.05) is 30.5 Å². The first-order chi connectivity index (χ1) is 11.6. The molecule has 2 N–H and O–H groups in total. The summed E-state index contributed by atoms with van der Waals surface area (Å²) in [5, 5.41) is 5.08. The number of hydrogen-bond acceptors (Lipinski definition) is 3. The number of nitrogens with one attached hydrogen (secondary N) is 2. The van der Waals surface area contributed by atoms with Crippen LogP contribution in [0.1, 0.15) is 15.9 Å². The van der Waals surface area contributed by atoms with Gasteiger partial charge in [0.1, 0.15) is 5.75 Å². The number of para-hydroxylation sites is 1. The van der Waals surface area contributed by atoms with Crippen molar-refractivity contribution in [2.45, 2.75) is 0 Å². The first-order valence-electron chi connectivity index (χ1n) is 7.02. The van der Waals surface area contributed by atoms with Crippen LogP contribution in [0.4, 0.5) is 0 Å². The highest BCUT2D eigenvalue weighted by Gasteiger charge is 2.12. The minimum Gasteiger partial charge on any atom is -0.494 e. The van der Waals surface area contributed by atoms with Crippen molar-refractivity contribution < 1.29 is 9.53 Å². The minimum absolute atomic E-state index is 0.310. The van der Waals surface area contributed by atoms with Crippen molar-refractivity contribution in [1.82, 2.24) is 10.4 Å². The number of methoxy groups -OCH3 is 1. The van der Waals surface area contributed by atoms with E-state index in [9.17, 15) is 4.79 Å². The predicted octanol–water partition coefficient (Wildman–Crippen LogP) is 4.47. The van der Waals surface area contributed by atoms with E-state index in [1.165, 1.54) is 0 Å². The normalized spacial score (nSPS) is 11.1. The molecule has 5 nitrogen and oxygen atoms in total. The maximum atomic E-state index is 12.2. The molecule has 3 rings (SSSR count). The van der Waals surface area contributed by atoms with Crippen LogP contribution in [0.15, 0.2) is 56.6 Å². The van der Waals surface area contributed by atoms with Crippen molar-refractivity contribution in [1.29, 1.82) is 0 Å². The van der Waals surface area contributed by atoms with Crippen LogP contribution in [-0.2, 0) is 0 Å². The average molecular weight is 451 g/mol. The number of halogens is 2. The van der Waals surface area contributed by atoms with E-state index in [4.69, 9.17) is 4.74 Å². The topological polar surface area (TPSA) is 66.5 Å². The highest BCUT2D eigenvalue weighted by atomic mass is 79.9. The number of fused-ring (bicyclic) bond motifs is 1. The smallest absolute Gasteiger partial charge is 0.271 e. The Morgan fingerprint density at radius 3 is 2.67 bits per heavy atom. The number of amides is 1. The van der Waals surface area contributed by atoms with E-state index in [1.54, 1.807) is 25.5 Å². The number of aromatic amines is 1. The lowest BCUT2D eigenvalue weighted by atomic mass is 10.2. The van der Waals surface area contributed by atoms with Crippen molar-refractivity contribution in [2.24, 2.45) is 5.10 Å². The third-order valence-corrected chi connectivity index (χ3v) is 4.63. The van der Waals surface area contributed by atoms with Crippen LogP contribution in [0, 0.1) is 0 Å². The molecule has 0 atom stereocenters. The summed E-state index contributed by atoms with van der Waals surface area (Å²) < 4.78 is 6.59. The molecule has 0 unspecified atom stereocenters. The molecular weight excluding hydrogens is 438 g/mol. The van der Waals surface area contributed by atoms with E-state index >= 15 is 0 Å². The maximum absolute atomic E-state index is 12.2. The van der Waals surface area contributed by atoms with Crippen molar-refractivity contribution in [3.8, 4) is 5.75 Å². The fraction of sp³-hybridized carbons (Fsp3) is 0.0588. The molecular formula is C17H13Br2N3O2. The van der Waals surface area contributed by atoms with Crippen LogP contribution in [-0.4, -0.2) is 24.2 Å². The van der Waals surface area contributed by atoms with Gasteiger partial charge in [-0.3, -0.25) is 4.79 Å². The standard InChI is InChI=1S/C17H13Br2N3O2/c1-24-16-13(18)6-10(7-14(16)19)17(23)22-21-9-11-8-20-15-5-3-2-4-12(11)15/h2-9,20H,1H3,(H,22,23)/b21-9-. The third-order valence-electron chi connectivity index (χ3n) is 3.46. The van der Waals surface area contributed by atoms with Gasteiger partial charge in [-0.15, -0.1) is 0 Å². The lowest BCUT2D eigenvalue weighted by molar-refractivity contribution is 0.0955. The molecule has 1 aromatic heterocycles. The molecule has 7 heteroatoms. The number of H-pyrrole nitrogens is 1. The lowest BCUT2D eigenvalue weighted by Gasteiger charge is -2.08. The molecule has 1 heterocycles. The first kappa shape index (κ1) is 16.7. The van der Waals surface area contributed by atoms with E-state index in [0.29, 0.717) is 20.3 Å². The Morgan fingerprint density at radius 1 is 1.25 bits per heavy atom. The van der Waals surface area contributed by atoms with Gasteiger partial charge in [0.05, 0.1) is 22.3 Å². The second kappa shape index (κ2) is 7.19. The summed E-state index contributed by atoms with van der Waals surface area (Å²) in [5.74, 6) is 0.323. The number of ether oxygens (including phenoxy) is 1. The van der Waals surface area contributed by atoms with Gasteiger partial charge in [-0.05, 0) is 50.1 Å². The summed E-state index contributed by atoms with van der Waals surface area (Å²) in [6, 6.07) is 11.3. The summed E-state index contributed by atoms with van der Waals surface area (Å²) >= 11 is 6.75. The SMILES string of the molecule is COc1c(Br)cc(C(=O)N/N=C\c2c[nH]c3ccccc23)cc1Br. The van der Waals surface area contributed by atoms with Gasteiger partial charge in [-0.2, -0.15) is 5.10 Å². The highest BCUT2D eigenvalue weighted by molar-refractivity contribution is 9.11. The largest absolute Gasteiger partial charge is 0.494 e. The Hall–Kier alpha value is -2.12. The minimum atomic E-state index is -0.310. The molecule has 122 valence electrons. The van der Waals surface area contributed by atoms with Gasteiger partial charge in [-0.25, -0.2) is 5.43 Å². The van der Waals surface area contributed by atoms with Crippen molar-refractivity contribution in [3.63, 3.8) is 0 Å². The monoisotopic (exact) mass is 449 g/mol. The number of aromatic nitrogens is 1. The van der Waals surface area contributed by atoms with Gasteiger partial charge >= 0.3 is 0 Å². The average Bonchev–Trinajstić information content (AvgIpc) is 2.98. The zero-order chi connectivity index (χ0) is 17.1. The first-order valence-corrected chi connectivity index (χ1v) is 8.61. The summed E-state index contributed by atoms with van der Waals surface area (Å²) in [6.45, 7) is 0. The molecule has 0 aliphatic heterocycles. The van der Waals surface area contributed by atoms with Crippen molar-refractivity contribution in [2.75, 3.05) is 7.11 Å². The molecule has 1 amide bonds. The second-order valence-electron chi connectivity index (χ2n) is 4.96. The van der Waals surface area contributed by atoms with Crippen LogP contribution in [0.25, 0.3) is 10.9 Å². The fourth-order valence-electron chi connectivity index (χ4n) is 2.31. The summed E-state index contributed by atoms with van der Waals surface area (Å²) in [5.41, 5.74) is 4.92. The van der Waals surface area contributed by atoms with Crippen molar-refractivity contribution >= 4 is 54.9 Å². The molecule has 0 saturated carbocycles. The van der Waals surface area contributed by atoms with Crippen LogP contribution in [0.5, 0.6) is 5.75 Å². The molecule has 0 aliphatic rings. The van der Waals surface area contributed by atoms with Crippen LogP contribution in [0.3, 0.4) is 0 Å². The number of carbonyl (C=O) groups excluding carboxylic acids is 1. The summed E-state index contributed by atoms with van der Waals surface area (Å²) in [7, 11) is 1.57. The second-order valence-corrected chi connectivity index (χ2v) is 6.67. The Morgan fingerprint density at radius 2 is 1.96 bits per heavy atom. The quantitative estimate of drug-likeness (QED) is 0.455. The molecule has 0 aliphatic carbocycles. The molecule has 0 bridgehead atoms. The Kier molecular flexibility index (Phi) is 5.01. The van der Waals surface area contributed by atoms with Crippen LogP contribution >= 0.6 is 31.9 Å². The predicted molar refractivity (Wildman–Crippen MR) is 102 cm³/mol. The molecule has 0 spiro atoms. The van der Waals surface area contributed by atoms with Gasteiger partial charge in [0.2, 0.25) is 0 Å². The molecule has 24 heavy (non-hydrogen) atoms. The van der Waals surface area contributed by atoms with Gasteiger partial charge in [0, 0.05) is 28.2 Å². The molecule has 0 saturated heterocycles. The lowest BCUT2D eigenvalue weighted by Crippen LogP contribution is -2.17. The summed E-state index contributed by atoms with van der Waals surface area (Å²) in [6.07, 6.45) is 3.46. The van der Waals surface area contributed by atoms with Gasteiger partial charge < -0.3 is 9.72 Å². The Bertz CT molecular complexity index is 911. The zero-order valence-electron chi connectivity index (χ0n) is 12.6. The number of carbonyl (C=O) groups is 1.